The molecule has 0 radical (unpaired) electrons. The summed E-state index contributed by atoms with van der Waals surface area (Å²) in [6.07, 6.45) is 3.51. The predicted octanol–water partition coefficient (Wildman–Crippen LogP) is 0.581. The first-order valence-corrected chi connectivity index (χ1v) is 7.61. The summed E-state index contributed by atoms with van der Waals surface area (Å²) in [5.41, 5.74) is 0. The Morgan fingerprint density at radius 3 is 2.80 bits per heavy atom. The molecule has 0 amide bonds. The summed E-state index contributed by atoms with van der Waals surface area (Å²) in [6, 6.07) is 1.41. The number of hydrogen-bond donors (Lipinski definition) is 1. The van der Waals surface area contributed by atoms with Gasteiger partial charge in [0.2, 0.25) is 0 Å². The Morgan fingerprint density at radius 1 is 1.40 bits per heavy atom. The lowest BCUT2D eigenvalue weighted by atomic mass is 10.0. The molecule has 3 nitrogen and oxygen atoms in total. The standard InChI is InChI=1S/C11H22N2OS/c1-2-10-9-12-5-6-13(10)11-3-7-15(14)8-4-11/h10-12H,2-9H2,1H3. The van der Waals surface area contributed by atoms with E-state index in [4.69, 9.17) is 0 Å². The van der Waals surface area contributed by atoms with Crippen LogP contribution in [0.4, 0.5) is 0 Å². The van der Waals surface area contributed by atoms with Crippen LogP contribution in [-0.2, 0) is 10.8 Å². The molecule has 0 saturated carbocycles. The average Bonchev–Trinajstić information content (AvgIpc) is 2.30. The second kappa shape index (κ2) is 5.41. The SMILES string of the molecule is CCC1CNCCN1C1CCS(=O)CC1. The Labute approximate surface area is 95.1 Å². The van der Waals surface area contributed by atoms with Crippen molar-refractivity contribution in [1.29, 1.82) is 0 Å². The molecule has 0 aromatic carbocycles. The van der Waals surface area contributed by atoms with Gasteiger partial charge in [-0.3, -0.25) is 9.11 Å². The molecule has 0 aliphatic carbocycles. The molecular formula is C11H22N2OS. The first-order valence-electron chi connectivity index (χ1n) is 6.12. The molecule has 15 heavy (non-hydrogen) atoms. The fraction of sp³-hybridized carbons (Fsp3) is 1.00. The van der Waals surface area contributed by atoms with Crippen molar-refractivity contribution < 1.29 is 4.21 Å². The van der Waals surface area contributed by atoms with Crippen LogP contribution in [0.5, 0.6) is 0 Å². The third-order valence-electron chi connectivity index (χ3n) is 3.69. The van der Waals surface area contributed by atoms with Gasteiger partial charge in [0.1, 0.15) is 0 Å². The van der Waals surface area contributed by atoms with E-state index in [0.717, 1.165) is 37.4 Å². The van der Waals surface area contributed by atoms with Crippen molar-refractivity contribution in [3.8, 4) is 0 Å². The Hall–Kier alpha value is 0.0700. The average molecular weight is 230 g/mol. The highest BCUT2D eigenvalue weighted by Crippen LogP contribution is 2.20. The second-order valence-corrected chi connectivity index (χ2v) is 6.28. The minimum atomic E-state index is -0.521. The van der Waals surface area contributed by atoms with E-state index in [-0.39, 0.29) is 0 Å². The maximum atomic E-state index is 11.3. The number of nitrogens with one attached hydrogen (secondary N) is 1. The van der Waals surface area contributed by atoms with Gasteiger partial charge in [0.15, 0.2) is 0 Å². The summed E-state index contributed by atoms with van der Waals surface area (Å²) in [4.78, 5) is 2.66. The fourth-order valence-electron chi connectivity index (χ4n) is 2.75. The van der Waals surface area contributed by atoms with Gasteiger partial charge in [0.05, 0.1) is 0 Å². The van der Waals surface area contributed by atoms with Crippen molar-refractivity contribution in [2.45, 2.75) is 38.3 Å². The Kier molecular flexibility index (Phi) is 4.17. The lowest BCUT2D eigenvalue weighted by molar-refractivity contribution is 0.0967. The van der Waals surface area contributed by atoms with Gasteiger partial charge in [0.25, 0.3) is 0 Å². The van der Waals surface area contributed by atoms with E-state index in [2.05, 4.69) is 17.1 Å². The topological polar surface area (TPSA) is 32.3 Å². The molecule has 2 aliphatic heterocycles. The maximum Gasteiger partial charge on any atom is 0.0249 e. The van der Waals surface area contributed by atoms with Gasteiger partial charge in [-0.25, -0.2) is 0 Å². The van der Waals surface area contributed by atoms with Crippen LogP contribution >= 0.6 is 0 Å². The van der Waals surface area contributed by atoms with Gasteiger partial charge in [-0.05, 0) is 19.3 Å². The molecule has 88 valence electrons. The van der Waals surface area contributed by atoms with Crippen LogP contribution in [0.15, 0.2) is 0 Å². The molecule has 1 atom stereocenters. The molecule has 1 unspecified atom stereocenters. The Morgan fingerprint density at radius 2 is 2.13 bits per heavy atom. The Bertz CT molecular complexity index is 225. The largest absolute Gasteiger partial charge is 0.314 e. The quantitative estimate of drug-likeness (QED) is 0.753. The van der Waals surface area contributed by atoms with Crippen LogP contribution in [-0.4, -0.2) is 52.3 Å². The smallest absolute Gasteiger partial charge is 0.0249 e. The lowest BCUT2D eigenvalue weighted by Crippen LogP contribution is -2.56. The van der Waals surface area contributed by atoms with Crippen LogP contribution in [0.2, 0.25) is 0 Å². The first kappa shape index (κ1) is 11.6. The zero-order valence-corrected chi connectivity index (χ0v) is 10.4. The van der Waals surface area contributed by atoms with E-state index in [0.29, 0.717) is 12.1 Å². The highest BCUT2D eigenvalue weighted by atomic mass is 32.2. The van der Waals surface area contributed by atoms with Gasteiger partial charge in [0, 0.05) is 54.0 Å². The van der Waals surface area contributed by atoms with Crippen molar-refractivity contribution in [2.75, 3.05) is 31.1 Å². The molecule has 0 spiro atoms. The monoisotopic (exact) mass is 230 g/mol. The van der Waals surface area contributed by atoms with Gasteiger partial charge in [-0.2, -0.15) is 0 Å². The lowest BCUT2D eigenvalue weighted by Gasteiger charge is -2.42. The zero-order valence-electron chi connectivity index (χ0n) is 9.58. The molecule has 0 aromatic heterocycles. The molecule has 2 saturated heterocycles. The summed E-state index contributed by atoms with van der Waals surface area (Å²) in [7, 11) is -0.521. The summed E-state index contributed by atoms with van der Waals surface area (Å²) in [5.74, 6) is 1.84. The normalized spacial score (nSPS) is 39.1. The van der Waals surface area contributed by atoms with E-state index >= 15 is 0 Å². The third-order valence-corrected chi connectivity index (χ3v) is 5.08. The summed E-state index contributed by atoms with van der Waals surface area (Å²) >= 11 is 0. The van der Waals surface area contributed by atoms with E-state index in [9.17, 15) is 4.21 Å². The maximum absolute atomic E-state index is 11.3. The molecule has 2 fully saturated rings. The van der Waals surface area contributed by atoms with E-state index < -0.39 is 10.8 Å². The first-order chi connectivity index (χ1) is 7.31. The fourth-order valence-corrected chi connectivity index (χ4v) is 4.02. The van der Waals surface area contributed by atoms with E-state index in [1.54, 1.807) is 0 Å². The number of rotatable bonds is 2. The highest BCUT2D eigenvalue weighted by molar-refractivity contribution is 7.85. The van der Waals surface area contributed by atoms with E-state index in [1.807, 2.05) is 0 Å². The molecular weight excluding hydrogens is 208 g/mol. The number of piperazine rings is 1. The van der Waals surface area contributed by atoms with E-state index in [1.165, 1.54) is 13.0 Å². The van der Waals surface area contributed by atoms with Crippen molar-refractivity contribution in [1.82, 2.24) is 10.2 Å². The van der Waals surface area contributed by atoms with Crippen LogP contribution < -0.4 is 5.32 Å². The molecule has 0 bridgehead atoms. The molecule has 2 aliphatic rings. The third kappa shape index (κ3) is 2.80. The molecule has 4 heteroatoms. The van der Waals surface area contributed by atoms with Gasteiger partial charge < -0.3 is 5.32 Å². The van der Waals surface area contributed by atoms with Crippen LogP contribution in [0.3, 0.4) is 0 Å². The minimum absolute atomic E-state index is 0.521. The Balaban J connectivity index is 1.92. The molecule has 1 N–H and O–H groups in total. The minimum Gasteiger partial charge on any atom is -0.314 e. The zero-order chi connectivity index (χ0) is 10.7. The summed E-state index contributed by atoms with van der Waals surface area (Å²) in [5, 5.41) is 3.46. The van der Waals surface area contributed by atoms with Gasteiger partial charge in [-0.1, -0.05) is 6.92 Å². The highest BCUT2D eigenvalue weighted by Gasteiger charge is 2.29. The van der Waals surface area contributed by atoms with Crippen molar-refractivity contribution in [2.24, 2.45) is 0 Å². The summed E-state index contributed by atoms with van der Waals surface area (Å²) in [6.45, 7) is 5.70. The van der Waals surface area contributed by atoms with Crippen LogP contribution in [0, 0.1) is 0 Å². The van der Waals surface area contributed by atoms with Crippen LogP contribution in [0.1, 0.15) is 26.2 Å². The molecule has 2 heterocycles. The number of hydrogen-bond acceptors (Lipinski definition) is 3. The molecule has 2 rings (SSSR count). The molecule has 0 aromatic rings. The van der Waals surface area contributed by atoms with Gasteiger partial charge >= 0.3 is 0 Å². The van der Waals surface area contributed by atoms with Crippen LogP contribution in [0.25, 0.3) is 0 Å². The van der Waals surface area contributed by atoms with Crippen molar-refractivity contribution >= 4 is 10.8 Å². The number of nitrogens with zero attached hydrogens (tertiary/aromatic N) is 1. The van der Waals surface area contributed by atoms with Crippen molar-refractivity contribution in [3.63, 3.8) is 0 Å². The summed E-state index contributed by atoms with van der Waals surface area (Å²) < 4.78 is 11.3. The van der Waals surface area contributed by atoms with Gasteiger partial charge in [-0.15, -0.1) is 0 Å². The predicted molar refractivity (Wildman–Crippen MR) is 64.6 cm³/mol. The second-order valence-electron chi connectivity index (χ2n) is 4.58. The van der Waals surface area contributed by atoms with Crippen molar-refractivity contribution in [3.05, 3.63) is 0 Å².